The van der Waals surface area contributed by atoms with E-state index < -0.39 is 6.04 Å². The summed E-state index contributed by atoms with van der Waals surface area (Å²) < 4.78 is 0. The van der Waals surface area contributed by atoms with Gasteiger partial charge in [0.2, 0.25) is 11.8 Å². The number of carbonyl (C=O) groups is 2. The van der Waals surface area contributed by atoms with Gasteiger partial charge in [0.15, 0.2) is 0 Å². The van der Waals surface area contributed by atoms with E-state index >= 15 is 0 Å². The molecular weight excluding hydrogens is 382 g/mol. The van der Waals surface area contributed by atoms with Crippen LogP contribution in [0.3, 0.4) is 0 Å². The average molecular weight is 426 g/mol. The number of likely N-dealkylation sites (tertiary alicyclic amines) is 1. The number of carbonyl (C=O) groups excluding carboxylic acids is 2. The molecule has 2 N–H and O–H groups in total. The van der Waals surface area contributed by atoms with Crippen molar-refractivity contribution < 1.29 is 9.59 Å². The predicted octanol–water partition coefficient (Wildman–Crippen LogP) is 3.82. The summed E-state index contributed by atoms with van der Waals surface area (Å²) in [5, 5.41) is 6.16. The van der Waals surface area contributed by atoms with Crippen molar-refractivity contribution in [2.75, 3.05) is 31.6 Å². The molecule has 1 saturated carbocycles. The summed E-state index contributed by atoms with van der Waals surface area (Å²) in [7, 11) is 0. The minimum Gasteiger partial charge on any atom is -0.354 e. The van der Waals surface area contributed by atoms with Gasteiger partial charge in [-0.2, -0.15) is 11.8 Å². The molecule has 2 amide bonds. The van der Waals surface area contributed by atoms with Gasteiger partial charge in [0.05, 0.1) is 0 Å². The number of amides is 2. The Kier molecular flexibility index (Phi) is 11.4. The van der Waals surface area contributed by atoms with Crippen LogP contribution in [0.4, 0.5) is 0 Å². The average Bonchev–Trinajstić information content (AvgIpc) is 2.74. The number of hydrogen-bond acceptors (Lipinski definition) is 4. The highest BCUT2D eigenvalue weighted by Gasteiger charge is 2.28. The third-order valence-corrected chi connectivity index (χ3v) is 7.42. The van der Waals surface area contributed by atoms with Crippen LogP contribution in [-0.2, 0) is 9.59 Å². The fourth-order valence-corrected chi connectivity index (χ4v) is 5.22. The molecule has 2 rings (SSSR count). The van der Waals surface area contributed by atoms with Crippen molar-refractivity contribution in [3.05, 3.63) is 0 Å². The van der Waals surface area contributed by atoms with E-state index in [9.17, 15) is 9.59 Å². The molecule has 168 valence electrons. The lowest BCUT2D eigenvalue weighted by molar-refractivity contribution is -0.132. The van der Waals surface area contributed by atoms with Crippen LogP contribution in [0, 0.1) is 11.8 Å². The summed E-state index contributed by atoms with van der Waals surface area (Å²) in [4.78, 5) is 28.0. The number of piperidine rings is 1. The largest absolute Gasteiger partial charge is 0.354 e. The summed E-state index contributed by atoms with van der Waals surface area (Å²) in [6.07, 6.45) is 13.1. The first kappa shape index (κ1) is 24.5. The lowest BCUT2D eigenvalue weighted by Gasteiger charge is -2.35. The van der Waals surface area contributed by atoms with Crippen molar-refractivity contribution in [3.8, 4) is 0 Å². The molecular formula is C23H43N3O2S. The number of rotatable bonds is 11. The van der Waals surface area contributed by atoms with Crippen LogP contribution >= 0.6 is 11.8 Å². The van der Waals surface area contributed by atoms with Gasteiger partial charge >= 0.3 is 0 Å². The van der Waals surface area contributed by atoms with Crippen molar-refractivity contribution in [3.63, 3.8) is 0 Å². The third kappa shape index (κ3) is 8.49. The van der Waals surface area contributed by atoms with E-state index in [4.69, 9.17) is 0 Å². The summed E-state index contributed by atoms with van der Waals surface area (Å²) in [5.74, 6) is 1.76. The molecule has 0 bridgehead atoms. The molecule has 2 unspecified atom stereocenters. The number of nitrogens with one attached hydrogen (secondary N) is 2. The normalized spacial score (nSPS) is 26.7. The van der Waals surface area contributed by atoms with E-state index in [0.29, 0.717) is 19.0 Å². The van der Waals surface area contributed by atoms with Crippen LogP contribution in [0.1, 0.15) is 78.1 Å². The monoisotopic (exact) mass is 425 g/mol. The SMILES string of the molecule is CCC1CCCCN1CCCNC(=O)C(CCSC)NC(=O)C1CCC(C)CC1. The second kappa shape index (κ2) is 13.5. The zero-order chi connectivity index (χ0) is 21.1. The predicted molar refractivity (Wildman–Crippen MR) is 123 cm³/mol. The molecule has 5 nitrogen and oxygen atoms in total. The molecule has 1 aliphatic carbocycles. The topological polar surface area (TPSA) is 61.4 Å². The lowest BCUT2D eigenvalue weighted by Crippen LogP contribution is -2.49. The molecule has 0 radical (unpaired) electrons. The molecule has 2 fully saturated rings. The van der Waals surface area contributed by atoms with Crippen LogP contribution < -0.4 is 10.6 Å². The molecule has 1 heterocycles. The third-order valence-electron chi connectivity index (χ3n) is 6.77. The van der Waals surface area contributed by atoms with E-state index in [1.165, 1.54) is 32.2 Å². The maximum absolute atomic E-state index is 12.7. The molecule has 0 aromatic heterocycles. The van der Waals surface area contributed by atoms with Crippen LogP contribution in [0.2, 0.25) is 0 Å². The van der Waals surface area contributed by atoms with Gasteiger partial charge in [-0.3, -0.25) is 9.59 Å². The number of nitrogens with zero attached hydrogens (tertiary/aromatic N) is 1. The Morgan fingerprint density at radius 2 is 1.90 bits per heavy atom. The number of thioether (sulfide) groups is 1. The standard InChI is InChI=1S/C23H43N3O2S/c1-4-20-8-5-6-15-26(20)16-7-14-24-23(28)21(13-17-29-3)25-22(27)19-11-9-18(2)10-12-19/h18-21H,4-17H2,1-3H3,(H,24,28)(H,25,27). The van der Waals surface area contributed by atoms with Gasteiger partial charge in [-0.1, -0.05) is 20.3 Å². The zero-order valence-electron chi connectivity index (χ0n) is 18.9. The van der Waals surface area contributed by atoms with Crippen molar-refractivity contribution in [1.82, 2.24) is 15.5 Å². The van der Waals surface area contributed by atoms with Crippen LogP contribution in [0.25, 0.3) is 0 Å². The molecule has 0 spiro atoms. The quantitative estimate of drug-likeness (QED) is 0.494. The Morgan fingerprint density at radius 1 is 1.14 bits per heavy atom. The van der Waals surface area contributed by atoms with E-state index in [0.717, 1.165) is 50.3 Å². The Labute approximate surface area is 182 Å². The number of hydrogen-bond donors (Lipinski definition) is 2. The first-order valence-electron chi connectivity index (χ1n) is 11.9. The maximum Gasteiger partial charge on any atom is 0.242 e. The molecule has 2 aliphatic rings. The van der Waals surface area contributed by atoms with Crippen LogP contribution in [0.15, 0.2) is 0 Å². The second-order valence-electron chi connectivity index (χ2n) is 9.04. The molecule has 2 atom stereocenters. The minimum atomic E-state index is -0.396. The molecule has 0 aromatic carbocycles. The Morgan fingerprint density at radius 3 is 2.59 bits per heavy atom. The van der Waals surface area contributed by atoms with Crippen molar-refractivity contribution in [2.45, 2.75) is 90.1 Å². The Hall–Kier alpha value is -0.750. The molecule has 0 aromatic rings. The van der Waals surface area contributed by atoms with Gasteiger partial charge < -0.3 is 15.5 Å². The summed E-state index contributed by atoms with van der Waals surface area (Å²) in [5.41, 5.74) is 0. The fraction of sp³-hybridized carbons (Fsp3) is 0.913. The van der Waals surface area contributed by atoms with E-state index in [1.54, 1.807) is 11.8 Å². The van der Waals surface area contributed by atoms with Crippen LogP contribution in [0.5, 0.6) is 0 Å². The van der Waals surface area contributed by atoms with E-state index in [1.807, 2.05) is 6.26 Å². The van der Waals surface area contributed by atoms with Gasteiger partial charge in [0.1, 0.15) is 6.04 Å². The van der Waals surface area contributed by atoms with Gasteiger partial charge in [0.25, 0.3) is 0 Å². The first-order chi connectivity index (χ1) is 14.0. The van der Waals surface area contributed by atoms with Crippen molar-refractivity contribution >= 4 is 23.6 Å². The van der Waals surface area contributed by atoms with Gasteiger partial charge in [-0.25, -0.2) is 0 Å². The lowest BCUT2D eigenvalue weighted by atomic mass is 9.82. The highest BCUT2D eigenvalue weighted by molar-refractivity contribution is 7.98. The second-order valence-corrected chi connectivity index (χ2v) is 10.0. The summed E-state index contributed by atoms with van der Waals surface area (Å²) in [6.45, 7) is 7.48. The summed E-state index contributed by atoms with van der Waals surface area (Å²) in [6, 6.07) is 0.318. The highest BCUT2D eigenvalue weighted by atomic mass is 32.2. The molecule has 1 aliphatic heterocycles. The minimum absolute atomic E-state index is 0.0118. The smallest absolute Gasteiger partial charge is 0.242 e. The maximum atomic E-state index is 12.7. The van der Waals surface area contributed by atoms with E-state index in [2.05, 4.69) is 29.4 Å². The fourth-order valence-electron chi connectivity index (χ4n) is 4.75. The summed E-state index contributed by atoms with van der Waals surface area (Å²) >= 11 is 1.72. The zero-order valence-corrected chi connectivity index (χ0v) is 19.7. The molecule has 1 saturated heterocycles. The Balaban J connectivity index is 1.74. The van der Waals surface area contributed by atoms with Gasteiger partial charge in [-0.15, -0.1) is 0 Å². The Bertz CT molecular complexity index is 495. The highest BCUT2D eigenvalue weighted by Crippen LogP contribution is 2.28. The molecule has 29 heavy (non-hydrogen) atoms. The van der Waals surface area contributed by atoms with Crippen molar-refractivity contribution in [2.24, 2.45) is 11.8 Å². The van der Waals surface area contributed by atoms with Crippen molar-refractivity contribution in [1.29, 1.82) is 0 Å². The first-order valence-corrected chi connectivity index (χ1v) is 13.3. The molecule has 6 heteroatoms. The van der Waals surface area contributed by atoms with E-state index in [-0.39, 0.29) is 17.7 Å². The van der Waals surface area contributed by atoms with Gasteiger partial charge in [0, 0.05) is 25.0 Å². The van der Waals surface area contributed by atoms with Crippen LogP contribution in [-0.4, -0.2) is 60.4 Å². The van der Waals surface area contributed by atoms with Gasteiger partial charge in [-0.05, 0) is 82.3 Å².